The summed E-state index contributed by atoms with van der Waals surface area (Å²) >= 11 is 2.27. The zero-order valence-corrected chi connectivity index (χ0v) is 10.6. The van der Waals surface area contributed by atoms with Gasteiger partial charge in [-0.2, -0.15) is 0 Å². The number of benzene rings is 1. The summed E-state index contributed by atoms with van der Waals surface area (Å²) in [6.45, 7) is 1.88. The fraction of sp³-hybridized carbons (Fsp3) is 0.364. The third-order valence-corrected chi connectivity index (χ3v) is 3.54. The van der Waals surface area contributed by atoms with Gasteiger partial charge in [0.1, 0.15) is 0 Å². The highest BCUT2D eigenvalue weighted by atomic mass is 127. The Kier molecular flexibility index (Phi) is 3.25. The van der Waals surface area contributed by atoms with E-state index in [4.69, 9.17) is 4.74 Å². The molecule has 1 aromatic rings. The summed E-state index contributed by atoms with van der Waals surface area (Å²) in [5.74, 6) is -0.255. The summed E-state index contributed by atoms with van der Waals surface area (Å²) < 4.78 is 5.86. The molecule has 1 aliphatic rings. The summed E-state index contributed by atoms with van der Waals surface area (Å²) in [6.07, 6.45) is 0.982. The summed E-state index contributed by atoms with van der Waals surface area (Å²) in [4.78, 5) is 11.4. The molecule has 1 heterocycles. The monoisotopic (exact) mass is 317 g/mol. The van der Waals surface area contributed by atoms with Crippen molar-refractivity contribution in [2.45, 2.75) is 13.0 Å². The van der Waals surface area contributed by atoms with Crippen LogP contribution in [0.25, 0.3) is 0 Å². The van der Waals surface area contributed by atoms with Gasteiger partial charge in [-0.15, -0.1) is 0 Å². The molecular weight excluding hydrogens is 305 g/mol. The molecule has 0 amide bonds. The van der Waals surface area contributed by atoms with Gasteiger partial charge in [0, 0.05) is 10.1 Å². The summed E-state index contributed by atoms with van der Waals surface area (Å²) in [5.41, 5.74) is 3.23. The molecule has 0 saturated heterocycles. The van der Waals surface area contributed by atoms with Crippen molar-refractivity contribution in [3.8, 4) is 0 Å². The van der Waals surface area contributed by atoms with E-state index in [9.17, 15) is 4.79 Å². The third-order valence-electron chi connectivity index (χ3n) is 2.58. The Balaban J connectivity index is 2.45. The van der Waals surface area contributed by atoms with Crippen molar-refractivity contribution < 1.29 is 9.53 Å². The Labute approximate surface area is 102 Å². The molecule has 0 unspecified atom stereocenters. The van der Waals surface area contributed by atoms with Crippen LogP contribution in [0.3, 0.4) is 0 Å². The van der Waals surface area contributed by atoms with Crippen molar-refractivity contribution in [3.05, 3.63) is 32.4 Å². The predicted molar refractivity (Wildman–Crippen MR) is 65.9 cm³/mol. The van der Waals surface area contributed by atoms with Crippen LogP contribution in [-0.4, -0.2) is 19.6 Å². The second kappa shape index (κ2) is 4.49. The molecule has 1 N–H and O–H groups in total. The zero-order valence-electron chi connectivity index (χ0n) is 8.47. The number of esters is 1. The van der Waals surface area contributed by atoms with E-state index in [0.717, 1.165) is 23.1 Å². The second-order valence-corrected chi connectivity index (χ2v) is 4.68. The molecule has 0 aliphatic carbocycles. The Hall–Kier alpha value is -0.620. The van der Waals surface area contributed by atoms with Crippen LogP contribution >= 0.6 is 22.6 Å². The van der Waals surface area contributed by atoms with Gasteiger partial charge in [0.05, 0.1) is 12.7 Å². The van der Waals surface area contributed by atoms with Crippen molar-refractivity contribution in [3.63, 3.8) is 0 Å². The number of fused-ring (bicyclic) bond motifs is 1. The van der Waals surface area contributed by atoms with Gasteiger partial charge in [0.15, 0.2) is 0 Å². The molecule has 15 heavy (non-hydrogen) atoms. The van der Waals surface area contributed by atoms with Gasteiger partial charge in [-0.05, 0) is 58.8 Å². The first kappa shape index (κ1) is 10.9. The molecule has 0 saturated carbocycles. The van der Waals surface area contributed by atoms with Crippen LogP contribution in [0.15, 0.2) is 12.1 Å². The molecule has 4 heteroatoms. The van der Waals surface area contributed by atoms with E-state index in [2.05, 4.69) is 27.9 Å². The van der Waals surface area contributed by atoms with Crippen molar-refractivity contribution in [2.75, 3.05) is 13.7 Å². The normalized spacial score (nSPS) is 14.5. The van der Waals surface area contributed by atoms with Crippen LogP contribution in [-0.2, 0) is 17.7 Å². The quantitative estimate of drug-likeness (QED) is 0.633. The van der Waals surface area contributed by atoms with Crippen molar-refractivity contribution >= 4 is 28.6 Å². The number of carbonyl (C=O) groups excluding carboxylic acids is 1. The highest BCUT2D eigenvalue weighted by molar-refractivity contribution is 14.1. The first-order valence-corrected chi connectivity index (χ1v) is 5.90. The molecule has 0 aromatic heterocycles. The molecule has 0 atom stereocenters. The van der Waals surface area contributed by atoms with Gasteiger partial charge in [-0.3, -0.25) is 0 Å². The molecular formula is C11H12INO2. The average molecular weight is 317 g/mol. The van der Waals surface area contributed by atoms with Gasteiger partial charge in [-0.25, -0.2) is 4.79 Å². The van der Waals surface area contributed by atoms with Crippen molar-refractivity contribution in [2.24, 2.45) is 0 Å². The molecule has 0 bridgehead atoms. The van der Waals surface area contributed by atoms with Gasteiger partial charge in [-0.1, -0.05) is 0 Å². The lowest BCUT2D eigenvalue weighted by atomic mass is 9.98. The molecule has 2 rings (SSSR count). The lowest BCUT2D eigenvalue weighted by Crippen LogP contribution is -2.25. The maximum Gasteiger partial charge on any atom is 0.337 e. The molecule has 1 aliphatic heterocycles. The van der Waals surface area contributed by atoms with Crippen LogP contribution < -0.4 is 5.32 Å². The van der Waals surface area contributed by atoms with Crippen molar-refractivity contribution in [1.29, 1.82) is 0 Å². The first-order chi connectivity index (χ1) is 7.22. The molecule has 0 radical (unpaired) electrons. The number of ether oxygens (including phenoxy) is 1. The molecule has 0 fully saturated rings. The van der Waals surface area contributed by atoms with E-state index in [1.807, 2.05) is 12.1 Å². The number of methoxy groups -OCH3 is 1. The standard InChI is InChI=1S/C11H12INO2/c1-15-11(14)8-4-7-2-3-13-6-9(7)10(12)5-8/h4-5,13H,2-3,6H2,1H3. The molecule has 3 nitrogen and oxygen atoms in total. The number of nitrogens with one attached hydrogen (secondary N) is 1. The highest BCUT2D eigenvalue weighted by Crippen LogP contribution is 2.22. The van der Waals surface area contributed by atoms with Crippen LogP contribution in [0, 0.1) is 3.57 Å². The van der Waals surface area contributed by atoms with Crippen LogP contribution in [0.4, 0.5) is 0 Å². The zero-order chi connectivity index (χ0) is 10.8. The Bertz CT molecular complexity index is 404. The van der Waals surface area contributed by atoms with Gasteiger partial charge in [0.2, 0.25) is 0 Å². The minimum atomic E-state index is -0.255. The largest absolute Gasteiger partial charge is 0.465 e. The van der Waals surface area contributed by atoms with Crippen LogP contribution in [0.5, 0.6) is 0 Å². The van der Waals surface area contributed by atoms with E-state index in [1.165, 1.54) is 18.2 Å². The minimum Gasteiger partial charge on any atom is -0.465 e. The number of hydrogen-bond donors (Lipinski definition) is 1. The van der Waals surface area contributed by atoms with E-state index in [0.29, 0.717) is 5.56 Å². The number of halogens is 1. The number of carbonyl (C=O) groups is 1. The Morgan fingerprint density at radius 2 is 2.33 bits per heavy atom. The Morgan fingerprint density at radius 3 is 3.07 bits per heavy atom. The minimum absolute atomic E-state index is 0.255. The smallest absolute Gasteiger partial charge is 0.337 e. The molecule has 80 valence electrons. The third kappa shape index (κ3) is 2.15. The lowest BCUT2D eigenvalue weighted by Gasteiger charge is -2.19. The summed E-state index contributed by atoms with van der Waals surface area (Å²) in [7, 11) is 1.41. The lowest BCUT2D eigenvalue weighted by molar-refractivity contribution is 0.0600. The van der Waals surface area contributed by atoms with Crippen LogP contribution in [0.2, 0.25) is 0 Å². The van der Waals surface area contributed by atoms with Gasteiger partial charge >= 0.3 is 5.97 Å². The number of hydrogen-bond acceptors (Lipinski definition) is 3. The average Bonchev–Trinajstić information content (AvgIpc) is 2.28. The fourth-order valence-electron chi connectivity index (χ4n) is 1.79. The van der Waals surface area contributed by atoms with E-state index in [1.54, 1.807) is 0 Å². The van der Waals surface area contributed by atoms with E-state index in [-0.39, 0.29) is 5.97 Å². The highest BCUT2D eigenvalue weighted by Gasteiger charge is 2.15. The van der Waals surface area contributed by atoms with E-state index < -0.39 is 0 Å². The van der Waals surface area contributed by atoms with Gasteiger partial charge in [0.25, 0.3) is 0 Å². The molecule has 1 aromatic carbocycles. The predicted octanol–water partition coefficient (Wildman–Crippen LogP) is 1.72. The second-order valence-electron chi connectivity index (χ2n) is 3.51. The Morgan fingerprint density at radius 1 is 1.53 bits per heavy atom. The maximum atomic E-state index is 11.4. The SMILES string of the molecule is COC(=O)c1cc(I)c2c(c1)CCNC2. The summed E-state index contributed by atoms with van der Waals surface area (Å²) in [5, 5.41) is 3.32. The fourth-order valence-corrected chi connectivity index (χ4v) is 2.66. The maximum absolute atomic E-state index is 11.4. The van der Waals surface area contributed by atoms with Crippen LogP contribution in [0.1, 0.15) is 21.5 Å². The van der Waals surface area contributed by atoms with Gasteiger partial charge < -0.3 is 10.1 Å². The number of rotatable bonds is 1. The topological polar surface area (TPSA) is 38.3 Å². The van der Waals surface area contributed by atoms with E-state index >= 15 is 0 Å². The van der Waals surface area contributed by atoms with Crippen molar-refractivity contribution in [1.82, 2.24) is 5.32 Å². The first-order valence-electron chi connectivity index (χ1n) is 4.82. The summed E-state index contributed by atoms with van der Waals surface area (Å²) in [6, 6.07) is 3.84. The molecule has 0 spiro atoms.